The van der Waals surface area contributed by atoms with Crippen LogP contribution >= 0.6 is 0 Å². The molecule has 1 aromatic carbocycles. The van der Waals surface area contributed by atoms with Crippen LogP contribution in [0.2, 0.25) is 0 Å². The molecule has 3 nitrogen and oxygen atoms in total. The molecule has 0 fully saturated rings. The number of nitrogens with one attached hydrogen (secondary N) is 1. The Bertz CT molecular complexity index is 576. The molecule has 0 aromatic heterocycles. The highest BCUT2D eigenvalue weighted by Gasteiger charge is 2.28. The molecule has 0 spiro atoms. The SMILES string of the molecule is Cc1cc2c(cc1C)S(=O)(=O)CCCC2NC(C)C. The van der Waals surface area contributed by atoms with Gasteiger partial charge in [-0.25, -0.2) is 8.42 Å². The van der Waals surface area contributed by atoms with Crippen LogP contribution in [0.3, 0.4) is 0 Å². The maximum absolute atomic E-state index is 12.4. The van der Waals surface area contributed by atoms with Crippen LogP contribution in [0.15, 0.2) is 17.0 Å². The van der Waals surface area contributed by atoms with Crippen molar-refractivity contribution in [1.82, 2.24) is 5.32 Å². The Labute approximate surface area is 116 Å². The van der Waals surface area contributed by atoms with Gasteiger partial charge in [0.15, 0.2) is 9.84 Å². The van der Waals surface area contributed by atoms with Gasteiger partial charge >= 0.3 is 0 Å². The lowest BCUT2D eigenvalue weighted by atomic mass is 9.97. The molecule has 1 aliphatic rings. The van der Waals surface area contributed by atoms with Crippen molar-refractivity contribution in [1.29, 1.82) is 0 Å². The van der Waals surface area contributed by atoms with Gasteiger partial charge in [0.05, 0.1) is 10.6 Å². The fourth-order valence-corrected chi connectivity index (χ4v) is 4.36. The van der Waals surface area contributed by atoms with Crippen LogP contribution in [0, 0.1) is 13.8 Å². The van der Waals surface area contributed by atoms with E-state index in [4.69, 9.17) is 0 Å². The molecular formula is C15H23NO2S. The summed E-state index contributed by atoms with van der Waals surface area (Å²) in [6.07, 6.45) is 1.60. The van der Waals surface area contributed by atoms with Crippen molar-refractivity contribution in [3.63, 3.8) is 0 Å². The van der Waals surface area contributed by atoms with E-state index >= 15 is 0 Å². The van der Waals surface area contributed by atoms with Crippen molar-refractivity contribution in [2.24, 2.45) is 0 Å². The van der Waals surface area contributed by atoms with Crippen LogP contribution < -0.4 is 5.32 Å². The Kier molecular flexibility index (Phi) is 4.02. The predicted molar refractivity (Wildman–Crippen MR) is 78.2 cm³/mol. The third-order valence-corrected chi connectivity index (χ3v) is 5.63. The normalized spacial score (nSPS) is 22.1. The summed E-state index contributed by atoms with van der Waals surface area (Å²) in [5.74, 6) is 0.263. The van der Waals surface area contributed by atoms with Crippen LogP contribution in [-0.2, 0) is 9.84 Å². The maximum Gasteiger partial charge on any atom is 0.178 e. The van der Waals surface area contributed by atoms with Crippen LogP contribution in [-0.4, -0.2) is 20.2 Å². The summed E-state index contributed by atoms with van der Waals surface area (Å²) in [5, 5.41) is 3.50. The zero-order valence-corrected chi connectivity index (χ0v) is 13.0. The molecule has 0 radical (unpaired) electrons. The average Bonchev–Trinajstić information content (AvgIpc) is 2.39. The molecule has 1 N–H and O–H groups in total. The third kappa shape index (κ3) is 3.00. The molecule has 1 atom stereocenters. The van der Waals surface area contributed by atoms with E-state index in [1.807, 2.05) is 26.0 Å². The molecule has 0 amide bonds. The first-order valence-corrected chi connectivity index (χ1v) is 8.56. The van der Waals surface area contributed by atoms with E-state index in [1.54, 1.807) is 0 Å². The minimum Gasteiger partial charge on any atom is -0.308 e. The topological polar surface area (TPSA) is 46.2 Å². The first-order chi connectivity index (χ1) is 8.81. The second kappa shape index (κ2) is 5.25. The minimum atomic E-state index is -3.13. The van der Waals surface area contributed by atoms with Crippen LogP contribution in [0.1, 0.15) is 49.4 Å². The molecule has 0 saturated heterocycles. The number of sulfone groups is 1. The summed E-state index contributed by atoms with van der Waals surface area (Å²) in [5.41, 5.74) is 3.16. The zero-order valence-electron chi connectivity index (χ0n) is 12.2. The standard InChI is InChI=1S/C15H23NO2S/c1-10(2)16-14-6-5-7-19(17,18)15-9-12(4)11(3)8-13(14)15/h8-10,14,16H,5-7H2,1-4H3. The van der Waals surface area contributed by atoms with Crippen LogP contribution in [0.4, 0.5) is 0 Å². The summed E-state index contributed by atoms with van der Waals surface area (Å²) in [6.45, 7) is 8.21. The Balaban J connectivity index is 2.59. The first-order valence-electron chi connectivity index (χ1n) is 6.91. The van der Waals surface area contributed by atoms with Gasteiger partial charge in [0.2, 0.25) is 0 Å². The molecule has 0 saturated carbocycles. The van der Waals surface area contributed by atoms with Gasteiger partial charge in [-0.15, -0.1) is 0 Å². The van der Waals surface area contributed by atoms with Gasteiger partial charge in [0, 0.05) is 12.1 Å². The summed E-state index contributed by atoms with van der Waals surface area (Å²) in [4.78, 5) is 0.534. The van der Waals surface area contributed by atoms with Crippen molar-refractivity contribution in [3.05, 3.63) is 28.8 Å². The zero-order chi connectivity index (χ0) is 14.2. The molecule has 106 valence electrons. The lowest BCUT2D eigenvalue weighted by Crippen LogP contribution is -2.28. The number of hydrogen-bond donors (Lipinski definition) is 1. The average molecular weight is 281 g/mol. The summed E-state index contributed by atoms with van der Waals surface area (Å²) in [7, 11) is -3.13. The molecule has 1 heterocycles. The molecule has 1 unspecified atom stereocenters. The van der Waals surface area contributed by atoms with Gasteiger partial charge in [-0.2, -0.15) is 0 Å². The molecule has 1 aromatic rings. The number of rotatable bonds is 2. The number of hydrogen-bond acceptors (Lipinski definition) is 3. The van der Waals surface area contributed by atoms with Gasteiger partial charge in [-0.3, -0.25) is 0 Å². The van der Waals surface area contributed by atoms with Gasteiger partial charge < -0.3 is 5.32 Å². The smallest absolute Gasteiger partial charge is 0.178 e. The van der Waals surface area contributed by atoms with E-state index in [0.29, 0.717) is 10.9 Å². The van der Waals surface area contributed by atoms with E-state index in [0.717, 1.165) is 29.5 Å². The Morgan fingerprint density at radius 2 is 1.84 bits per heavy atom. The van der Waals surface area contributed by atoms with Crippen molar-refractivity contribution < 1.29 is 8.42 Å². The summed E-state index contributed by atoms with van der Waals surface area (Å²) >= 11 is 0. The number of aryl methyl sites for hydroxylation is 2. The molecule has 2 rings (SSSR count). The summed E-state index contributed by atoms with van der Waals surface area (Å²) < 4.78 is 24.7. The Hall–Kier alpha value is -0.870. The van der Waals surface area contributed by atoms with E-state index in [9.17, 15) is 8.42 Å². The lowest BCUT2D eigenvalue weighted by Gasteiger charge is -2.22. The quantitative estimate of drug-likeness (QED) is 0.906. The van der Waals surface area contributed by atoms with Crippen LogP contribution in [0.5, 0.6) is 0 Å². The van der Waals surface area contributed by atoms with Gasteiger partial charge in [0.1, 0.15) is 0 Å². The monoisotopic (exact) mass is 281 g/mol. The summed E-state index contributed by atoms with van der Waals surface area (Å²) in [6, 6.07) is 4.39. The first kappa shape index (κ1) is 14.5. The van der Waals surface area contributed by atoms with Crippen molar-refractivity contribution in [3.8, 4) is 0 Å². The predicted octanol–water partition coefficient (Wildman–Crippen LogP) is 2.91. The van der Waals surface area contributed by atoms with Crippen LogP contribution in [0.25, 0.3) is 0 Å². The molecule has 1 aliphatic heterocycles. The maximum atomic E-state index is 12.4. The molecule has 19 heavy (non-hydrogen) atoms. The third-order valence-electron chi connectivity index (χ3n) is 3.78. The van der Waals surface area contributed by atoms with E-state index in [-0.39, 0.29) is 11.8 Å². The fourth-order valence-electron chi connectivity index (χ4n) is 2.67. The van der Waals surface area contributed by atoms with E-state index in [2.05, 4.69) is 19.2 Å². The van der Waals surface area contributed by atoms with E-state index < -0.39 is 9.84 Å². The Morgan fingerprint density at radius 3 is 2.47 bits per heavy atom. The fraction of sp³-hybridized carbons (Fsp3) is 0.600. The Morgan fingerprint density at radius 1 is 1.21 bits per heavy atom. The van der Waals surface area contributed by atoms with Gasteiger partial charge in [-0.05, 0) is 49.4 Å². The number of benzene rings is 1. The number of fused-ring (bicyclic) bond motifs is 1. The highest BCUT2D eigenvalue weighted by molar-refractivity contribution is 7.91. The lowest BCUT2D eigenvalue weighted by molar-refractivity contribution is 0.447. The highest BCUT2D eigenvalue weighted by Crippen LogP contribution is 2.33. The minimum absolute atomic E-state index is 0.145. The molecule has 4 heteroatoms. The van der Waals surface area contributed by atoms with E-state index in [1.165, 1.54) is 0 Å². The van der Waals surface area contributed by atoms with Crippen molar-refractivity contribution >= 4 is 9.84 Å². The molecule has 0 bridgehead atoms. The van der Waals surface area contributed by atoms with Gasteiger partial charge in [0.25, 0.3) is 0 Å². The van der Waals surface area contributed by atoms with Crippen molar-refractivity contribution in [2.45, 2.75) is 57.5 Å². The van der Waals surface area contributed by atoms with Gasteiger partial charge in [-0.1, -0.05) is 19.9 Å². The van der Waals surface area contributed by atoms with Crippen molar-refractivity contribution in [2.75, 3.05) is 5.75 Å². The second-order valence-electron chi connectivity index (χ2n) is 5.81. The molecule has 0 aliphatic carbocycles. The largest absolute Gasteiger partial charge is 0.308 e. The second-order valence-corrected chi connectivity index (χ2v) is 7.89. The molecular weight excluding hydrogens is 258 g/mol. The highest BCUT2D eigenvalue weighted by atomic mass is 32.2.